The number of hydrogen-bond acceptors (Lipinski definition) is 4. The van der Waals surface area contributed by atoms with Crippen LogP contribution in [0.2, 0.25) is 0 Å². The number of carbonyl (C=O) groups excluding carboxylic acids is 1. The standard InChI is InChI=1S/C17H19FN4O/c1-11-20-15(10-16(21-11)22-13-6-7-13)17(23)19-9-8-12-4-2-3-5-14(12)18/h2-5,10,13H,6-9H2,1H3,(H,19,23)(H,20,21,22). The lowest BCUT2D eigenvalue weighted by Crippen LogP contribution is -2.27. The van der Waals surface area contributed by atoms with Crippen molar-refractivity contribution in [3.05, 3.63) is 53.2 Å². The molecule has 0 atom stereocenters. The Labute approximate surface area is 134 Å². The van der Waals surface area contributed by atoms with Crippen LogP contribution >= 0.6 is 0 Å². The SMILES string of the molecule is Cc1nc(NC2CC2)cc(C(=O)NCCc2ccccc2F)n1. The van der Waals surface area contributed by atoms with Gasteiger partial charge < -0.3 is 10.6 Å². The van der Waals surface area contributed by atoms with Crippen molar-refractivity contribution in [3.8, 4) is 0 Å². The van der Waals surface area contributed by atoms with Gasteiger partial charge in [-0.15, -0.1) is 0 Å². The molecule has 1 saturated carbocycles. The molecule has 1 aromatic carbocycles. The molecule has 1 heterocycles. The fourth-order valence-corrected chi connectivity index (χ4v) is 2.30. The second-order valence-electron chi connectivity index (χ2n) is 5.70. The van der Waals surface area contributed by atoms with E-state index in [1.807, 2.05) is 0 Å². The summed E-state index contributed by atoms with van der Waals surface area (Å²) < 4.78 is 13.5. The minimum atomic E-state index is -0.273. The first-order chi connectivity index (χ1) is 11.1. The molecule has 1 aliphatic carbocycles. The average Bonchev–Trinajstić information content (AvgIpc) is 3.32. The molecule has 1 amide bonds. The summed E-state index contributed by atoms with van der Waals surface area (Å²) in [6, 6.07) is 8.68. The van der Waals surface area contributed by atoms with E-state index in [0.717, 1.165) is 12.8 Å². The second kappa shape index (κ2) is 6.73. The van der Waals surface area contributed by atoms with Crippen LogP contribution in [0.4, 0.5) is 10.2 Å². The van der Waals surface area contributed by atoms with Gasteiger partial charge in [0, 0.05) is 18.7 Å². The summed E-state index contributed by atoms with van der Waals surface area (Å²) >= 11 is 0. The predicted octanol–water partition coefficient (Wildman–Crippen LogP) is 2.47. The van der Waals surface area contributed by atoms with Crippen LogP contribution in [0.1, 0.15) is 34.7 Å². The van der Waals surface area contributed by atoms with E-state index in [1.165, 1.54) is 6.07 Å². The van der Waals surface area contributed by atoms with Crippen LogP contribution in [0.3, 0.4) is 0 Å². The van der Waals surface area contributed by atoms with Crippen LogP contribution in [0.5, 0.6) is 0 Å². The Morgan fingerprint density at radius 1 is 1.30 bits per heavy atom. The number of halogens is 1. The van der Waals surface area contributed by atoms with Gasteiger partial charge >= 0.3 is 0 Å². The van der Waals surface area contributed by atoms with Crippen molar-refractivity contribution in [3.63, 3.8) is 0 Å². The molecule has 0 unspecified atom stereocenters. The number of amides is 1. The summed E-state index contributed by atoms with van der Waals surface area (Å²) in [6.45, 7) is 2.11. The molecule has 0 saturated heterocycles. The van der Waals surface area contributed by atoms with Crippen LogP contribution in [0.25, 0.3) is 0 Å². The molecule has 6 heteroatoms. The Morgan fingerprint density at radius 3 is 2.83 bits per heavy atom. The number of aryl methyl sites for hydroxylation is 1. The monoisotopic (exact) mass is 314 g/mol. The molecule has 3 rings (SSSR count). The van der Waals surface area contributed by atoms with E-state index in [2.05, 4.69) is 20.6 Å². The maximum absolute atomic E-state index is 13.5. The molecule has 0 radical (unpaired) electrons. The molecule has 2 aromatic rings. The van der Waals surface area contributed by atoms with Crippen molar-refractivity contribution in [1.82, 2.24) is 15.3 Å². The third kappa shape index (κ3) is 4.25. The van der Waals surface area contributed by atoms with Crippen LogP contribution in [0.15, 0.2) is 30.3 Å². The molecular weight excluding hydrogens is 295 g/mol. The van der Waals surface area contributed by atoms with Crippen molar-refractivity contribution >= 4 is 11.7 Å². The van der Waals surface area contributed by atoms with E-state index in [4.69, 9.17) is 0 Å². The van der Waals surface area contributed by atoms with Gasteiger partial charge in [-0.25, -0.2) is 14.4 Å². The van der Waals surface area contributed by atoms with Gasteiger partial charge in [-0.05, 0) is 37.8 Å². The Morgan fingerprint density at radius 2 is 2.09 bits per heavy atom. The lowest BCUT2D eigenvalue weighted by Gasteiger charge is -2.09. The van der Waals surface area contributed by atoms with Gasteiger partial charge in [0.05, 0.1) is 0 Å². The zero-order valence-electron chi connectivity index (χ0n) is 13.0. The van der Waals surface area contributed by atoms with Gasteiger partial charge in [0.1, 0.15) is 23.2 Å². The number of carbonyl (C=O) groups is 1. The average molecular weight is 314 g/mol. The maximum atomic E-state index is 13.5. The van der Waals surface area contributed by atoms with Crippen molar-refractivity contribution in [2.45, 2.75) is 32.2 Å². The molecule has 120 valence electrons. The molecule has 1 aromatic heterocycles. The van der Waals surface area contributed by atoms with Gasteiger partial charge in [-0.1, -0.05) is 18.2 Å². The van der Waals surface area contributed by atoms with E-state index in [0.29, 0.717) is 41.9 Å². The van der Waals surface area contributed by atoms with E-state index >= 15 is 0 Å². The molecule has 0 bridgehead atoms. The van der Waals surface area contributed by atoms with E-state index in [1.54, 1.807) is 31.2 Å². The highest BCUT2D eigenvalue weighted by Crippen LogP contribution is 2.23. The molecular formula is C17H19FN4O. The summed E-state index contributed by atoms with van der Waals surface area (Å²) in [5.41, 5.74) is 0.914. The predicted molar refractivity (Wildman–Crippen MR) is 85.9 cm³/mol. The van der Waals surface area contributed by atoms with Crippen molar-refractivity contribution in [1.29, 1.82) is 0 Å². The van der Waals surface area contributed by atoms with Crippen LogP contribution < -0.4 is 10.6 Å². The number of aromatic nitrogens is 2. The van der Waals surface area contributed by atoms with Gasteiger partial charge in [-0.3, -0.25) is 4.79 Å². The zero-order valence-corrected chi connectivity index (χ0v) is 13.0. The molecule has 1 aliphatic rings. The Bertz CT molecular complexity index is 715. The minimum Gasteiger partial charge on any atom is -0.367 e. The number of nitrogens with one attached hydrogen (secondary N) is 2. The minimum absolute atomic E-state index is 0.254. The smallest absolute Gasteiger partial charge is 0.270 e. The highest BCUT2D eigenvalue weighted by Gasteiger charge is 2.22. The number of rotatable bonds is 6. The number of benzene rings is 1. The number of nitrogens with zero attached hydrogens (tertiary/aromatic N) is 2. The van der Waals surface area contributed by atoms with Gasteiger partial charge in [0.25, 0.3) is 5.91 Å². The Kier molecular flexibility index (Phi) is 4.50. The maximum Gasteiger partial charge on any atom is 0.270 e. The molecule has 0 aliphatic heterocycles. The third-order valence-corrected chi connectivity index (χ3v) is 3.64. The first kappa shape index (κ1) is 15.4. The summed E-state index contributed by atoms with van der Waals surface area (Å²) in [6.07, 6.45) is 2.70. The highest BCUT2D eigenvalue weighted by atomic mass is 19.1. The van der Waals surface area contributed by atoms with Crippen LogP contribution in [-0.4, -0.2) is 28.5 Å². The molecule has 2 N–H and O–H groups in total. The second-order valence-corrected chi connectivity index (χ2v) is 5.70. The van der Waals surface area contributed by atoms with Crippen LogP contribution in [-0.2, 0) is 6.42 Å². The normalized spacial score (nSPS) is 13.7. The van der Waals surface area contributed by atoms with Crippen LogP contribution in [0, 0.1) is 12.7 Å². The topological polar surface area (TPSA) is 66.9 Å². The molecule has 5 nitrogen and oxygen atoms in total. The Hall–Kier alpha value is -2.50. The first-order valence-corrected chi connectivity index (χ1v) is 7.75. The fraction of sp³-hybridized carbons (Fsp3) is 0.353. The van der Waals surface area contributed by atoms with Crippen molar-refractivity contribution in [2.75, 3.05) is 11.9 Å². The largest absolute Gasteiger partial charge is 0.367 e. The molecule has 0 spiro atoms. The lowest BCUT2D eigenvalue weighted by molar-refractivity contribution is 0.0948. The summed E-state index contributed by atoms with van der Waals surface area (Å²) in [7, 11) is 0. The number of anilines is 1. The molecule has 23 heavy (non-hydrogen) atoms. The van der Waals surface area contributed by atoms with Gasteiger partial charge in [-0.2, -0.15) is 0 Å². The lowest BCUT2D eigenvalue weighted by atomic mass is 10.1. The van der Waals surface area contributed by atoms with Gasteiger partial charge in [0.15, 0.2) is 0 Å². The first-order valence-electron chi connectivity index (χ1n) is 7.75. The number of hydrogen-bond donors (Lipinski definition) is 2. The van der Waals surface area contributed by atoms with Gasteiger partial charge in [0.2, 0.25) is 0 Å². The summed E-state index contributed by atoms with van der Waals surface area (Å²) in [5.74, 6) is 0.704. The van der Waals surface area contributed by atoms with E-state index in [-0.39, 0.29) is 11.7 Å². The van der Waals surface area contributed by atoms with Crippen molar-refractivity contribution < 1.29 is 9.18 Å². The summed E-state index contributed by atoms with van der Waals surface area (Å²) in [5, 5.41) is 6.04. The summed E-state index contributed by atoms with van der Waals surface area (Å²) in [4.78, 5) is 20.7. The van der Waals surface area contributed by atoms with Crippen molar-refractivity contribution in [2.24, 2.45) is 0 Å². The van der Waals surface area contributed by atoms with E-state index in [9.17, 15) is 9.18 Å². The fourth-order valence-electron chi connectivity index (χ4n) is 2.30. The molecule has 1 fully saturated rings. The zero-order chi connectivity index (χ0) is 16.2. The third-order valence-electron chi connectivity index (χ3n) is 3.64. The highest BCUT2D eigenvalue weighted by molar-refractivity contribution is 5.92. The quantitative estimate of drug-likeness (QED) is 0.859. The Balaban J connectivity index is 1.59. The van der Waals surface area contributed by atoms with E-state index < -0.39 is 0 Å².